The van der Waals surface area contributed by atoms with Crippen LogP contribution in [0.25, 0.3) is 11.1 Å². The lowest BCUT2D eigenvalue weighted by molar-refractivity contribution is -0.139. The summed E-state index contributed by atoms with van der Waals surface area (Å²) in [6.45, 7) is 1.46. The molecule has 1 aliphatic heterocycles. The second-order valence-corrected chi connectivity index (χ2v) is 9.54. The molecule has 2 fully saturated rings. The number of nitrogens with one attached hydrogen (secondary N) is 1. The average Bonchev–Trinajstić information content (AvgIpc) is 3.57. The minimum atomic E-state index is -0.882. The molecule has 1 saturated carbocycles. The van der Waals surface area contributed by atoms with Crippen molar-refractivity contribution in [3.05, 3.63) is 59.7 Å². The van der Waals surface area contributed by atoms with Crippen LogP contribution >= 0.6 is 0 Å². The van der Waals surface area contributed by atoms with Gasteiger partial charge in [-0.2, -0.15) is 0 Å². The van der Waals surface area contributed by atoms with E-state index in [1.54, 1.807) is 4.90 Å². The molecule has 1 heterocycles. The van der Waals surface area contributed by atoms with E-state index in [0.717, 1.165) is 11.1 Å². The molecule has 2 N–H and O–H groups in total. The lowest BCUT2D eigenvalue weighted by Gasteiger charge is -2.34. The van der Waals surface area contributed by atoms with E-state index in [9.17, 15) is 14.4 Å². The first-order valence-electron chi connectivity index (χ1n) is 12.2. The molecule has 5 rings (SSSR count). The van der Waals surface area contributed by atoms with Gasteiger partial charge in [-0.3, -0.25) is 9.59 Å². The second kappa shape index (κ2) is 9.70. The highest BCUT2D eigenvalue weighted by Gasteiger charge is 2.53. The monoisotopic (exact) mass is 478 g/mol. The summed E-state index contributed by atoms with van der Waals surface area (Å²) >= 11 is 0. The molecule has 0 atom stereocenters. The number of carbonyl (C=O) groups excluding carboxylic acids is 2. The van der Waals surface area contributed by atoms with Crippen LogP contribution in [-0.4, -0.2) is 65.9 Å². The number of hydrogen-bond donors (Lipinski definition) is 2. The van der Waals surface area contributed by atoms with Crippen LogP contribution in [0.2, 0.25) is 0 Å². The molecule has 2 aromatic rings. The number of piperidine rings is 1. The number of carboxylic acid groups (broad SMARTS) is 1. The van der Waals surface area contributed by atoms with Crippen LogP contribution in [-0.2, 0) is 19.1 Å². The molecule has 0 bridgehead atoms. The topological polar surface area (TPSA) is 105 Å². The number of benzene rings is 2. The molecule has 2 aliphatic carbocycles. The molecule has 35 heavy (non-hydrogen) atoms. The number of aliphatic carboxylic acids is 1. The minimum absolute atomic E-state index is 0.0215. The number of nitrogens with zero attached hydrogens (tertiary/aromatic N) is 1. The van der Waals surface area contributed by atoms with Crippen LogP contribution in [0.4, 0.5) is 4.79 Å². The van der Waals surface area contributed by atoms with Gasteiger partial charge in [0.2, 0.25) is 5.91 Å². The summed E-state index contributed by atoms with van der Waals surface area (Å²) in [6.07, 6.45) is 1.90. The van der Waals surface area contributed by atoms with Gasteiger partial charge in [0.25, 0.3) is 0 Å². The molecule has 0 aromatic heterocycles. The minimum Gasteiger partial charge on any atom is -0.481 e. The summed E-state index contributed by atoms with van der Waals surface area (Å²) in [5, 5.41) is 11.6. The van der Waals surface area contributed by atoms with Crippen molar-refractivity contribution in [3.63, 3.8) is 0 Å². The molecule has 8 nitrogen and oxygen atoms in total. The first-order chi connectivity index (χ1) is 17.0. The predicted molar refractivity (Wildman–Crippen MR) is 128 cm³/mol. The van der Waals surface area contributed by atoms with E-state index in [2.05, 4.69) is 29.6 Å². The Balaban J connectivity index is 1.13. The third-order valence-electron chi connectivity index (χ3n) is 7.24. The number of ether oxygens (including phenoxy) is 2. The molecule has 3 aliphatic rings. The highest BCUT2D eigenvalue weighted by atomic mass is 16.5. The van der Waals surface area contributed by atoms with Crippen LogP contribution in [0, 0.1) is 0 Å². The lowest BCUT2D eigenvalue weighted by Crippen LogP contribution is -2.53. The molecule has 184 valence electrons. The lowest BCUT2D eigenvalue weighted by atomic mass is 9.98. The van der Waals surface area contributed by atoms with Crippen molar-refractivity contribution in [2.24, 2.45) is 0 Å². The molecule has 0 radical (unpaired) electrons. The molecule has 1 saturated heterocycles. The third kappa shape index (κ3) is 4.89. The van der Waals surface area contributed by atoms with Crippen LogP contribution in [0.5, 0.6) is 0 Å². The number of fused-ring (bicyclic) bond motifs is 3. The summed E-state index contributed by atoms with van der Waals surface area (Å²) in [5.41, 5.74) is 3.75. The van der Waals surface area contributed by atoms with Crippen LogP contribution in [0.3, 0.4) is 0 Å². The first kappa shape index (κ1) is 23.4. The number of hydrogen-bond acceptors (Lipinski definition) is 5. The fourth-order valence-electron chi connectivity index (χ4n) is 5.19. The van der Waals surface area contributed by atoms with Gasteiger partial charge < -0.3 is 24.8 Å². The summed E-state index contributed by atoms with van der Waals surface area (Å²) in [7, 11) is 0. The van der Waals surface area contributed by atoms with E-state index < -0.39 is 17.6 Å². The fourth-order valence-corrected chi connectivity index (χ4v) is 5.19. The van der Waals surface area contributed by atoms with Crippen molar-refractivity contribution in [1.82, 2.24) is 10.2 Å². The quantitative estimate of drug-likeness (QED) is 0.601. The molecule has 8 heteroatoms. The Morgan fingerprint density at radius 3 is 2.14 bits per heavy atom. The van der Waals surface area contributed by atoms with E-state index in [4.69, 9.17) is 14.6 Å². The smallest absolute Gasteiger partial charge is 0.408 e. The van der Waals surface area contributed by atoms with E-state index in [1.165, 1.54) is 11.1 Å². The van der Waals surface area contributed by atoms with Gasteiger partial charge in [0.15, 0.2) is 0 Å². The molecule has 0 spiro atoms. The first-order valence-corrected chi connectivity index (χ1v) is 12.2. The van der Waals surface area contributed by atoms with Crippen molar-refractivity contribution < 1.29 is 29.0 Å². The Morgan fingerprint density at radius 1 is 0.971 bits per heavy atom. The average molecular weight is 479 g/mol. The number of alkyl carbamates (subject to hydrolysis) is 1. The number of rotatable bonds is 8. The van der Waals surface area contributed by atoms with Gasteiger partial charge in [-0.05, 0) is 47.9 Å². The summed E-state index contributed by atoms with van der Waals surface area (Å²) in [6, 6.07) is 16.3. The number of carbonyl (C=O) groups is 3. The Hall–Kier alpha value is -3.39. The zero-order chi connectivity index (χ0) is 24.4. The molecule has 0 unspecified atom stereocenters. The van der Waals surface area contributed by atoms with Gasteiger partial charge in [-0.15, -0.1) is 0 Å². The predicted octanol–water partition coefficient (Wildman–Crippen LogP) is 3.54. The van der Waals surface area contributed by atoms with Crippen molar-refractivity contribution in [2.75, 3.05) is 26.3 Å². The van der Waals surface area contributed by atoms with Gasteiger partial charge in [-0.25, -0.2) is 4.79 Å². The number of carboxylic acids is 1. The van der Waals surface area contributed by atoms with Crippen LogP contribution in [0.1, 0.15) is 49.1 Å². The van der Waals surface area contributed by atoms with E-state index in [1.807, 2.05) is 24.3 Å². The van der Waals surface area contributed by atoms with Gasteiger partial charge in [0.1, 0.15) is 12.1 Å². The van der Waals surface area contributed by atoms with Crippen LogP contribution in [0.15, 0.2) is 48.5 Å². The van der Waals surface area contributed by atoms with Crippen molar-refractivity contribution in [2.45, 2.75) is 49.7 Å². The Morgan fingerprint density at radius 2 is 1.57 bits per heavy atom. The normalized spacial score (nSPS) is 18.5. The number of amides is 2. The van der Waals surface area contributed by atoms with E-state index in [-0.39, 0.29) is 37.6 Å². The van der Waals surface area contributed by atoms with Crippen LogP contribution < -0.4 is 5.32 Å². The molecular weight excluding hydrogens is 448 g/mol. The maximum Gasteiger partial charge on any atom is 0.408 e. The maximum absolute atomic E-state index is 13.2. The van der Waals surface area contributed by atoms with Gasteiger partial charge in [0.05, 0.1) is 19.1 Å². The largest absolute Gasteiger partial charge is 0.481 e. The van der Waals surface area contributed by atoms with Crippen molar-refractivity contribution in [1.29, 1.82) is 0 Å². The third-order valence-corrected chi connectivity index (χ3v) is 7.24. The molecular formula is C27H30N2O6. The highest BCUT2D eigenvalue weighted by Crippen LogP contribution is 2.44. The van der Waals surface area contributed by atoms with Crippen molar-refractivity contribution >= 4 is 18.0 Å². The van der Waals surface area contributed by atoms with E-state index in [0.29, 0.717) is 38.8 Å². The van der Waals surface area contributed by atoms with Crippen molar-refractivity contribution in [3.8, 4) is 11.1 Å². The Kier molecular flexibility index (Phi) is 6.47. The molecule has 2 aromatic carbocycles. The van der Waals surface area contributed by atoms with Gasteiger partial charge in [0, 0.05) is 19.0 Å². The van der Waals surface area contributed by atoms with E-state index >= 15 is 0 Å². The summed E-state index contributed by atoms with van der Waals surface area (Å²) in [4.78, 5) is 38.3. The zero-order valence-corrected chi connectivity index (χ0v) is 19.6. The Labute approximate surface area is 204 Å². The standard InChI is InChI=1S/C27H30N2O6/c30-24(31)11-16-34-18-9-14-29(15-10-18)25(32)27(12-13-27)28-26(33)35-17-23-21-7-3-1-5-19(21)20-6-2-4-8-22(20)23/h1-8,18,23H,9-17H2,(H,28,33)(H,30,31). The zero-order valence-electron chi connectivity index (χ0n) is 19.6. The molecule has 2 amide bonds. The second-order valence-electron chi connectivity index (χ2n) is 9.54. The van der Waals surface area contributed by atoms with Gasteiger partial charge >= 0.3 is 12.1 Å². The Bertz CT molecular complexity index is 1070. The highest BCUT2D eigenvalue weighted by molar-refractivity contribution is 5.93. The summed E-state index contributed by atoms with van der Waals surface area (Å²) in [5.74, 6) is -0.984. The summed E-state index contributed by atoms with van der Waals surface area (Å²) < 4.78 is 11.3. The maximum atomic E-state index is 13.2. The SMILES string of the molecule is O=C(O)CCOC1CCN(C(=O)C2(NC(=O)OCC3c4ccccc4-c4ccccc43)CC2)CC1. The number of likely N-dealkylation sites (tertiary alicyclic amines) is 1. The van der Waals surface area contributed by atoms with Gasteiger partial charge in [-0.1, -0.05) is 48.5 Å². The fraction of sp³-hybridized carbons (Fsp3) is 0.444.